The molecule has 12 heteroatoms. The minimum atomic E-state index is -1.02. The molecule has 3 atom stereocenters. The van der Waals surface area contributed by atoms with Crippen molar-refractivity contribution in [3.05, 3.63) is 84.4 Å². The number of carbonyl (C=O) groups excluding carboxylic acids is 4. The molecule has 46 heavy (non-hydrogen) atoms. The molecule has 4 amide bonds. The van der Waals surface area contributed by atoms with E-state index in [4.69, 9.17) is 4.74 Å². The highest BCUT2D eigenvalue weighted by atomic mass is 16.6. The van der Waals surface area contributed by atoms with Crippen LogP contribution in [0.3, 0.4) is 0 Å². The largest absolute Gasteiger partial charge is 0.444 e. The monoisotopic (exact) mass is 627 g/mol. The van der Waals surface area contributed by atoms with E-state index in [0.29, 0.717) is 13.1 Å². The Morgan fingerprint density at radius 1 is 0.957 bits per heavy atom. The highest BCUT2D eigenvalue weighted by molar-refractivity contribution is 5.98. The molecular weight excluding hydrogens is 586 g/mol. The van der Waals surface area contributed by atoms with Gasteiger partial charge in [-0.3, -0.25) is 14.4 Å². The van der Waals surface area contributed by atoms with E-state index in [1.54, 1.807) is 31.5 Å². The normalized spacial score (nSPS) is 15.2. The van der Waals surface area contributed by atoms with Gasteiger partial charge < -0.3 is 35.1 Å². The molecule has 0 saturated carbocycles. The number of benzene rings is 2. The molecule has 0 spiro atoms. The number of para-hydroxylation sites is 1. The van der Waals surface area contributed by atoms with Crippen LogP contribution in [0.15, 0.2) is 73.3 Å². The second kappa shape index (κ2) is 13.9. The smallest absolute Gasteiger partial charge is 0.408 e. The maximum absolute atomic E-state index is 13.8. The van der Waals surface area contributed by atoms with Crippen molar-refractivity contribution in [2.24, 2.45) is 0 Å². The lowest BCUT2D eigenvalue weighted by Crippen LogP contribution is -2.52. The molecule has 4 N–H and O–H groups in total. The van der Waals surface area contributed by atoms with E-state index >= 15 is 0 Å². The fraction of sp³-hybridized carbons (Fsp3) is 0.382. The van der Waals surface area contributed by atoms with Crippen LogP contribution in [-0.4, -0.2) is 74.0 Å². The lowest BCUT2D eigenvalue weighted by Gasteiger charge is -2.24. The molecule has 242 valence electrons. The molecule has 0 aliphatic carbocycles. The summed E-state index contributed by atoms with van der Waals surface area (Å²) < 4.78 is 6.98. The van der Waals surface area contributed by atoms with Gasteiger partial charge in [0.15, 0.2) is 5.82 Å². The number of nitrogens with zero attached hydrogens (tertiary/aromatic N) is 3. The third-order valence-corrected chi connectivity index (χ3v) is 7.78. The number of hydrogen-bond donors (Lipinski definition) is 4. The highest BCUT2D eigenvalue weighted by Gasteiger charge is 2.31. The minimum Gasteiger partial charge on any atom is -0.444 e. The number of imidazole rings is 1. The van der Waals surface area contributed by atoms with E-state index in [2.05, 4.69) is 25.9 Å². The van der Waals surface area contributed by atoms with E-state index in [-0.39, 0.29) is 18.1 Å². The first-order chi connectivity index (χ1) is 22.0. The molecular formula is C34H41N7O5. The predicted molar refractivity (Wildman–Crippen MR) is 174 cm³/mol. The van der Waals surface area contributed by atoms with Crippen molar-refractivity contribution < 1.29 is 23.9 Å². The van der Waals surface area contributed by atoms with Crippen LogP contribution < -0.4 is 16.0 Å². The summed E-state index contributed by atoms with van der Waals surface area (Å²) in [7, 11) is 0. The number of fused-ring (bicyclic) bond motifs is 1. The number of carbonyl (C=O) groups is 4. The van der Waals surface area contributed by atoms with E-state index in [9.17, 15) is 19.2 Å². The number of likely N-dealkylation sites (tertiary alicyclic amines) is 1. The maximum atomic E-state index is 13.8. The van der Waals surface area contributed by atoms with Crippen molar-refractivity contribution in [2.75, 3.05) is 18.4 Å². The van der Waals surface area contributed by atoms with Gasteiger partial charge in [-0.05, 0) is 57.7 Å². The predicted octanol–water partition coefficient (Wildman–Crippen LogP) is 4.16. The maximum Gasteiger partial charge on any atom is 0.408 e. The van der Waals surface area contributed by atoms with Gasteiger partial charge in [0.1, 0.15) is 23.7 Å². The van der Waals surface area contributed by atoms with Crippen LogP contribution in [0, 0.1) is 0 Å². The number of H-pyrrole nitrogens is 1. The molecule has 3 heterocycles. The average Bonchev–Trinajstić information content (AvgIpc) is 3.79. The number of alkyl carbamates (subject to hydrolysis) is 1. The Labute approximate surface area is 267 Å². The van der Waals surface area contributed by atoms with Gasteiger partial charge in [-0.25, -0.2) is 9.78 Å². The number of aromatic amines is 1. The number of nitrogens with one attached hydrogen (secondary N) is 4. The second-order valence-electron chi connectivity index (χ2n) is 12.5. The molecule has 1 aliphatic rings. The fourth-order valence-corrected chi connectivity index (χ4v) is 5.52. The van der Waals surface area contributed by atoms with E-state index in [1.807, 2.05) is 65.7 Å². The van der Waals surface area contributed by atoms with Crippen molar-refractivity contribution in [1.82, 2.24) is 30.1 Å². The molecule has 2 aromatic carbocycles. The first-order valence-corrected chi connectivity index (χ1v) is 15.5. The van der Waals surface area contributed by atoms with Gasteiger partial charge in [0.25, 0.3) is 0 Å². The van der Waals surface area contributed by atoms with Gasteiger partial charge in [0, 0.05) is 42.8 Å². The zero-order valence-electron chi connectivity index (χ0n) is 26.6. The van der Waals surface area contributed by atoms with Crippen LogP contribution in [-0.2, 0) is 25.5 Å². The molecule has 0 bridgehead atoms. The highest BCUT2D eigenvalue weighted by Crippen LogP contribution is 2.25. The number of ether oxygens (including phenoxy) is 1. The Morgan fingerprint density at radius 3 is 2.37 bits per heavy atom. The van der Waals surface area contributed by atoms with Crippen molar-refractivity contribution >= 4 is 40.5 Å². The number of hydrogen-bond acceptors (Lipinski definition) is 6. The summed E-state index contributed by atoms with van der Waals surface area (Å²) in [4.78, 5) is 62.3. The van der Waals surface area contributed by atoms with Crippen molar-refractivity contribution in [2.45, 2.75) is 70.7 Å². The molecule has 3 unspecified atom stereocenters. The van der Waals surface area contributed by atoms with Crippen LogP contribution in [0.4, 0.5) is 10.6 Å². The Morgan fingerprint density at radius 2 is 1.65 bits per heavy atom. The van der Waals surface area contributed by atoms with Crippen molar-refractivity contribution in [3.63, 3.8) is 0 Å². The number of rotatable bonds is 10. The standard InChI is InChI=1S/C34H41N7O5/c1-22(37-33(45)46-34(2,3)4)30(42)38-27(18-24-19-35-26-15-9-8-14-25(24)26)31(43)39-28-20-41(21-36-28)29(23-12-6-5-7-13-23)32(44)40-16-10-11-17-40/h5-9,12-15,19-22,27,29,35H,10-11,16-18H2,1-4H3,(H,37,45)(H,38,42)(H,39,43). The molecule has 1 aliphatic heterocycles. The molecule has 1 saturated heterocycles. The van der Waals surface area contributed by atoms with Gasteiger partial charge in [-0.1, -0.05) is 48.5 Å². The summed E-state index contributed by atoms with van der Waals surface area (Å²) in [6, 6.07) is 14.5. The zero-order valence-corrected chi connectivity index (χ0v) is 26.6. The third-order valence-electron chi connectivity index (χ3n) is 7.78. The SMILES string of the molecule is CC(NC(=O)OC(C)(C)C)C(=O)NC(Cc1c[nH]c2ccccc12)C(=O)Nc1cn(C(C(=O)N2CCCC2)c2ccccc2)cn1. The summed E-state index contributed by atoms with van der Waals surface area (Å²) >= 11 is 0. The van der Waals surface area contributed by atoms with Gasteiger partial charge >= 0.3 is 6.09 Å². The Kier molecular flexibility index (Phi) is 9.74. The number of anilines is 1. The first kappa shape index (κ1) is 32.3. The van der Waals surface area contributed by atoms with Crippen molar-refractivity contribution in [3.8, 4) is 0 Å². The topological polar surface area (TPSA) is 150 Å². The molecule has 12 nitrogen and oxygen atoms in total. The molecule has 4 aromatic rings. The third kappa shape index (κ3) is 7.92. The van der Waals surface area contributed by atoms with Crippen LogP contribution >= 0.6 is 0 Å². The van der Waals surface area contributed by atoms with Crippen LogP contribution in [0.25, 0.3) is 10.9 Å². The zero-order chi connectivity index (χ0) is 32.8. The lowest BCUT2D eigenvalue weighted by molar-refractivity contribution is -0.132. The van der Waals surface area contributed by atoms with E-state index in [1.165, 1.54) is 13.3 Å². The second-order valence-corrected chi connectivity index (χ2v) is 12.5. The molecule has 2 aromatic heterocycles. The number of aromatic nitrogens is 3. The van der Waals surface area contributed by atoms with E-state index in [0.717, 1.165) is 34.9 Å². The molecule has 5 rings (SSSR count). The first-order valence-electron chi connectivity index (χ1n) is 15.5. The Bertz CT molecular complexity index is 1680. The summed E-state index contributed by atoms with van der Waals surface area (Å²) in [5.74, 6) is -0.861. The average molecular weight is 628 g/mol. The van der Waals surface area contributed by atoms with Crippen molar-refractivity contribution in [1.29, 1.82) is 0 Å². The minimum absolute atomic E-state index is 0.0325. The van der Waals surface area contributed by atoms with Gasteiger partial charge in [-0.15, -0.1) is 0 Å². The summed E-state index contributed by atoms with van der Waals surface area (Å²) in [6.07, 6.45) is 6.32. The molecule has 1 fully saturated rings. The summed E-state index contributed by atoms with van der Waals surface area (Å²) in [6.45, 7) is 8.11. The Hall–Kier alpha value is -5.13. The van der Waals surface area contributed by atoms with Gasteiger partial charge in [0.05, 0.1) is 6.33 Å². The van der Waals surface area contributed by atoms with Crippen LogP contribution in [0.5, 0.6) is 0 Å². The summed E-state index contributed by atoms with van der Waals surface area (Å²) in [5, 5.41) is 9.05. The summed E-state index contributed by atoms with van der Waals surface area (Å²) in [5.41, 5.74) is 1.80. The van der Waals surface area contributed by atoms with Crippen LogP contribution in [0.2, 0.25) is 0 Å². The van der Waals surface area contributed by atoms with Crippen LogP contribution in [0.1, 0.15) is 57.7 Å². The van der Waals surface area contributed by atoms with Gasteiger partial charge in [0.2, 0.25) is 17.7 Å². The Balaban J connectivity index is 1.35. The lowest BCUT2D eigenvalue weighted by atomic mass is 10.0. The fourth-order valence-electron chi connectivity index (χ4n) is 5.52. The van der Waals surface area contributed by atoms with E-state index < -0.39 is 41.6 Å². The molecule has 0 radical (unpaired) electrons. The van der Waals surface area contributed by atoms with Gasteiger partial charge in [-0.2, -0.15) is 0 Å². The number of amides is 4. The quantitative estimate of drug-likeness (QED) is 0.207.